The van der Waals surface area contributed by atoms with Gasteiger partial charge in [-0.1, -0.05) is 266 Å². The largest absolute Gasteiger partial charge is 0.311 e. The molecule has 3 aromatic heterocycles. The summed E-state index contributed by atoms with van der Waals surface area (Å²) in [5.74, 6) is 1.83. The molecule has 18 aromatic rings. The number of fused-ring (bicyclic) bond motifs is 12. The van der Waals surface area contributed by atoms with E-state index in [1.165, 1.54) is 42.9 Å². The second-order valence-corrected chi connectivity index (χ2v) is 30.1. The molecule has 0 fully saturated rings. The summed E-state index contributed by atoms with van der Waals surface area (Å²) in [4.78, 5) is 18.3. The lowest BCUT2D eigenvalue weighted by Gasteiger charge is -2.26. The minimum atomic E-state index is -0.00353. The zero-order valence-electron chi connectivity index (χ0n) is 58.4. The highest BCUT2D eigenvalue weighted by Gasteiger charge is 2.26. The normalized spacial score (nSPS) is 12.0. The number of hydrogen-bond acceptors (Lipinski definition) is 5. The fraction of sp³-hybridized carbons (Fsp3) is 0.0833. The molecule has 0 radical (unpaired) electrons. The number of imidazole rings is 2. The zero-order valence-corrected chi connectivity index (χ0v) is 59.2. The van der Waals surface area contributed by atoms with Crippen molar-refractivity contribution in [2.75, 3.05) is 9.80 Å². The Morgan fingerprint density at radius 3 is 1.05 bits per heavy atom. The van der Waals surface area contributed by atoms with Crippen molar-refractivity contribution in [1.82, 2.24) is 19.1 Å². The van der Waals surface area contributed by atoms with Gasteiger partial charge in [0, 0.05) is 77.5 Å². The monoisotopic (exact) mass is 1340 g/mol. The first-order valence-electron chi connectivity index (χ1n) is 35.5. The predicted molar refractivity (Wildman–Crippen MR) is 438 cm³/mol. The summed E-state index contributed by atoms with van der Waals surface area (Å²) in [7, 11) is 0. The van der Waals surface area contributed by atoms with E-state index in [-0.39, 0.29) is 10.8 Å². The molecule has 0 aliphatic rings. The van der Waals surface area contributed by atoms with E-state index in [4.69, 9.17) is 9.97 Å². The van der Waals surface area contributed by atoms with Crippen molar-refractivity contribution in [2.24, 2.45) is 0 Å². The highest BCUT2D eigenvalue weighted by Crippen LogP contribution is 2.46. The number of anilines is 6. The van der Waals surface area contributed by atoms with Crippen LogP contribution in [0.1, 0.15) is 52.7 Å². The number of nitrogens with zero attached hydrogens (tertiary/aromatic N) is 6. The van der Waals surface area contributed by atoms with Gasteiger partial charge in [-0.3, -0.25) is 9.13 Å². The Morgan fingerprint density at radius 2 is 0.573 bits per heavy atom. The van der Waals surface area contributed by atoms with Gasteiger partial charge in [-0.2, -0.15) is 0 Å². The number of para-hydroxylation sites is 3. The molecule has 0 saturated carbocycles. The average molecular weight is 1340 g/mol. The average Bonchev–Trinajstić information content (AvgIpc) is 1.59. The number of hydrogen-bond donors (Lipinski definition) is 0. The molecule has 0 atom stereocenters. The van der Waals surface area contributed by atoms with Crippen LogP contribution in [0.2, 0.25) is 0 Å². The maximum atomic E-state index is 5.76. The van der Waals surface area contributed by atoms with E-state index in [9.17, 15) is 0 Å². The lowest BCUT2D eigenvalue weighted by molar-refractivity contribution is 0.590. The van der Waals surface area contributed by atoms with Crippen molar-refractivity contribution in [1.29, 1.82) is 0 Å². The van der Waals surface area contributed by atoms with E-state index in [1.807, 2.05) is 0 Å². The summed E-state index contributed by atoms with van der Waals surface area (Å²) in [6.45, 7) is 13.6. The van der Waals surface area contributed by atoms with Crippen LogP contribution < -0.4 is 9.80 Å². The Bertz CT molecular complexity index is 6140. The number of thiophene rings is 1. The predicted octanol–water partition coefficient (Wildman–Crippen LogP) is 26.9. The summed E-state index contributed by atoms with van der Waals surface area (Å²) in [6.07, 6.45) is 0. The standard InChI is InChI=1S/C96H74N6S/c1-95(2,3)69-45-34-67(35-46-69)93-97-90-86-62-68(44-59-82(86)81-30-18-21-33-85(81)92(90)101(93)77-53-38-64(39-54-77)63-36-49-74(50-37-63)99(71-22-10-7-11-23-71)72-24-12-8-13-25-72)65-40-51-75(52-41-65)100(73-26-14-9-15-27-73)76-55-42-66(43-56-76)87-60-61-88(103-87)94-98-89-83-31-19-16-28-79(83)80-29-17-20-32-84(80)91(89)102(94)78-57-47-70(48-58-78)96(4,5)6/h7-62H,1-6H3. The fourth-order valence-electron chi connectivity index (χ4n) is 15.2. The molecule has 6 nitrogen and oxygen atoms in total. The molecule has 18 rings (SSSR count). The van der Waals surface area contributed by atoms with Crippen LogP contribution in [-0.4, -0.2) is 19.1 Å². The van der Waals surface area contributed by atoms with Crippen LogP contribution in [0.25, 0.3) is 131 Å². The molecule has 103 heavy (non-hydrogen) atoms. The van der Waals surface area contributed by atoms with Gasteiger partial charge in [0.15, 0.2) is 5.82 Å². The molecule has 0 bridgehead atoms. The van der Waals surface area contributed by atoms with Gasteiger partial charge in [0.1, 0.15) is 5.82 Å². The van der Waals surface area contributed by atoms with E-state index in [0.29, 0.717) is 0 Å². The van der Waals surface area contributed by atoms with Crippen molar-refractivity contribution >= 4 is 111 Å². The molecular weight excluding hydrogens is 1270 g/mol. The third-order valence-corrected chi connectivity index (χ3v) is 21.6. The molecule has 0 amide bonds. The molecule has 7 heteroatoms. The van der Waals surface area contributed by atoms with Crippen molar-refractivity contribution in [3.8, 4) is 66.2 Å². The molecule has 0 aliphatic heterocycles. The Kier molecular flexibility index (Phi) is 15.4. The van der Waals surface area contributed by atoms with E-state index in [1.54, 1.807) is 11.3 Å². The van der Waals surface area contributed by atoms with Crippen LogP contribution in [-0.2, 0) is 10.8 Å². The molecular formula is C96H74N6S. The fourth-order valence-corrected chi connectivity index (χ4v) is 16.1. The van der Waals surface area contributed by atoms with Gasteiger partial charge in [-0.25, -0.2) is 9.97 Å². The van der Waals surface area contributed by atoms with E-state index in [2.05, 4.69) is 400 Å². The minimum Gasteiger partial charge on any atom is -0.311 e. The number of aromatic nitrogens is 4. The van der Waals surface area contributed by atoms with Gasteiger partial charge >= 0.3 is 0 Å². The van der Waals surface area contributed by atoms with Gasteiger partial charge in [0.25, 0.3) is 0 Å². The van der Waals surface area contributed by atoms with E-state index >= 15 is 0 Å². The molecule has 0 spiro atoms. The smallest absolute Gasteiger partial charge is 0.155 e. The van der Waals surface area contributed by atoms with E-state index < -0.39 is 0 Å². The number of benzene rings is 15. The summed E-state index contributed by atoms with van der Waals surface area (Å²) in [6, 6.07) is 124. The van der Waals surface area contributed by atoms with Crippen molar-refractivity contribution in [3.05, 3.63) is 351 Å². The first-order chi connectivity index (χ1) is 50.3. The third kappa shape index (κ3) is 11.3. The molecule has 0 aliphatic carbocycles. The van der Waals surface area contributed by atoms with Crippen molar-refractivity contribution < 1.29 is 0 Å². The minimum absolute atomic E-state index is 0.00353. The lowest BCUT2D eigenvalue weighted by atomic mass is 9.86. The van der Waals surface area contributed by atoms with E-state index in [0.717, 1.165) is 134 Å². The first kappa shape index (κ1) is 62.8. The molecule has 0 unspecified atom stereocenters. The van der Waals surface area contributed by atoms with Crippen LogP contribution in [0.4, 0.5) is 34.1 Å². The summed E-state index contributed by atoms with van der Waals surface area (Å²) in [5.41, 5.74) is 22.2. The van der Waals surface area contributed by atoms with Crippen LogP contribution in [0.5, 0.6) is 0 Å². The third-order valence-electron chi connectivity index (χ3n) is 20.5. The summed E-state index contributed by atoms with van der Waals surface area (Å²) in [5, 5.41) is 9.39. The molecule has 494 valence electrons. The first-order valence-corrected chi connectivity index (χ1v) is 36.3. The zero-order chi connectivity index (χ0) is 69.5. The Hall–Kier alpha value is -12.4. The highest BCUT2D eigenvalue weighted by molar-refractivity contribution is 7.18. The van der Waals surface area contributed by atoms with Crippen LogP contribution in [0.15, 0.2) is 340 Å². The Labute approximate surface area is 605 Å². The van der Waals surface area contributed by atoms with Gasteiger partial charge in [0.05, 0.1) is 26.9 Å². The quantitative estimate of drug-likeness (QED) is 0.108. The van der Waals surface area contributed by atoms with Crippen LogP contribution >= 0.6 is 11.3 Å². The molecule has 3 heterocycles. The SMILES string of the molecule is CC(C)(C)c1ccc(-c2nc3c4cc(-c5ccc(N(c6ccccc6)c6ccc(-c7ccc(-c8nc9c%10ccccc%10c%10ccccc%10c9n8-c8ccc(C(C)(C)C)cc8)s7)cc6)cc5)ccc4c4ccccc4c3n2-c2ccc(-c3ccc(N(c4ccccc4)c4ccccc4)cc3)cc2)cc1. The molecule has 15 aromatic carbocycles. The second-order valence-electron chi connectivity index (χ2n) is 29.0. The highest BCUT2D eigenvalue weighted by atomic mass is 32.1. The van der Waals surface area contributed by atoms with Gasteiger partial charge in [-0.05, 0) is 187 Å². The maximum absolute atomic E-state index is 5.76. The Balaban J connectivity index is 0.691. The molecule has 0 N–H and O–H groups in total. The maximum Gasteiger partial charge on any atom is 0.155 e. The Morgan fingerprint density at radius 1 is 0.252 bits per heavy atom. The van der Waals surface area contributed by atoms with Gasteiger partial charge in [0.2, 0.25) is 0 Å². The van der Waals surface area contributed by atoms with Crippen LogP contribution in [0.3, 0.4) is 0 Å². The van der Waals surface area contributed by atoms with Gasteiger partial charge < -0.3 is 9.80 Å². The molecule has 0 saturated heterocycles. The van der Waals surface area contributed by atoms with Crippen LogP contribution in [0, 0.1) is 0 Å². The van der Waals surface area contributed by atoms with Crippen molar-refractivity contribution in [2.45, 2.75) is 52.4 Å². The summed E-state index contributed by atoms with van der Waals surface area (Å²) >= 11 is 1.79. The summed E-state index contributed by atoms with van der Waals surface area (Å²) < 4.78 is 4.79. The second kappa shape index (κ2) is 25.3. The van der Waals surface area contributed by atoms with Gasteiger partial charge in [-0.15, -0.1) is 11.3 Å². The topological polar surface area (TPSA) is 42.1 Å². The lowest BCUT2D eigenvalue weighted by Crippen LogP contribution is -2.11. The van der Waals surface area contributed by atoms with Crippen molar-refractivity contribution in [3.63, 3.8) is 0 Å². The number of rotatable bonds is 13.